The third-order valence-corrected chi connectivity index (χ3v) is 2.63. The smallest absolute Gasteiger partial charge is 0.347 e. The number of rotatable bonds is 4. The molecule has 1 aromatic carbocycles. The molecule has 0 atom stereocenters. The number of carbonyl (C=O) groups excluding carboxylic acids is 1. The summed E-state index contributed by atoms with van der Waals surface area (Å²) in [6.07, 6.45) is 2.94. The summed E-state index contributed by atoms with van der Waals surface area (Å²) in [5.74, 6) is -0.976. The first-order valence-electron chi connectivity index (χ1n) is 5.92. The van der Waals surface area contributed by atoms with Crippen molar-refractivity contribution >= 4 is 17.3 Å². The Morgan fingerprint density at radius 3 is 3.00 bits per heavy atom. The van der Waals surface area contributed by atoms with Crippen molar-refractivity contribution in [1.82, 2.24) is 9.55 Å². The van der Waals surface area contributed by atoms with Gasteiger partial charge >= 0.3 is 5.69 Å². The van der Waals surface area contributed by atoms with Crippen LogP contribution in [0.15, 0.2) is 41.5 Å². The van der Waals surface area contributed by atoms with E-state index in [4.69, 9.17) is 5.73 Å². The van der Waals surface area contributed by atoms with Gasteiger partial charge in [0.05, 0.1) is 5.69 Å². The summed E-state index contributed by atoms with van der Waals surface area (Å²) >= 11 is 0. The monoisotopic (exact) mass is 276 g/mol. The second kappa shape index (κ2) is 5.96. The molecule has 7 heteroatoms. The molecule has 0 bridgehead atoms. The Hall–Kier alpha value is -2.70. The molecule has 0 unspecified atom stereocenters. The number of aryl methyl sites for hydroxylation is 1. The molecule has 0 aliphatic carbocycles. The van der Waals surface area contributed by atoms with E-state index in [0.29, 0.717) is 5.69 Å². The zero-order valence-electron chi connectivity index (χ0n) is 10.5. The van der Waals surface area contributed by atoms with E-state index in [1.54, 1.807) is 6.07 Å². The summed E-state index contributed by atoms with van der Waals surface area (Å²) in [4.78, 5) is 26.6. The summed E-state index contributed by atoms with van der Waals surface area (Å²) in [6, 6.07) is 5.51. The van der Waals surface area contributed by atoms with Crippen molar-refractivity contribution < 1.29 is 9.18 Å². The first-order valence-corrected chi connectivity index (χ1v) is 5.92. The van der Waals surface area contributed by atoms with Gasteiger partial charge in [-0.3, -0.25) is 9.36 Å². The van der Waals surface area contributed by atoms with Crippen molar-refractivity contribution in [2.75, 3.05) is 11.1 Å². The van der Waals surface area contributed by atoms with Gasteiger partial charge < -0.3 is 11.1 Å². The van der Waals surface area contributed by atoms with Crippen LogP contribution in [0.4, 0.5) is 15.8 Å². The summed E-state index contributed by atoms with van der Waals surface area (Å²) in [6.45, 7) is 0.169. The number of nitrogens with one attached hydrogen (secondary N) is 1. The van der Waals surface area contributed by atoms with Gasteiger partial charge in [0.1, 0.15) is 5.82 Å². The highest BCUT2D eigenvalue weighted by Gasteiger charge is 2.08. The second-order valence-electron chi connectivity index (χ2n) is 4.13. The number of hydrogen-bond donors (Lipinski definition) is 2. The zero-order valence-corrected chi connectivity index (χ0v) is 10.5. The first-order chi connectivity index (χ1) is 9.56. The topological polar surface area (TPSA) is 90.0 Å². The first kappa shape index (κ1) is 13.7. The highest BCUT2D eigenvalue weighted by molar-refractivity contribution is 5.91. The van der Waals surface area contributed by atoms with Crippen LogP contribution in [0, 0.1) is 5.82 Å². The quantitative estimate of drug-likeness (QED) is 0.815. The number of carbonyl (C=O) groups is 1. The molecule has 20 heavy (non-hydrogen) atoms. The second-order valence-corrected chi connectivity index (χ2v) is 4.13. The number of nitrogens with zero attached hydrogens (tertiary/aromatic N) is 2. The molecule has 6 nitrogen and oxygen atoms in total. The predicted octanol–water partition coefficient (Wildman–Crippen LogP) is 0.993. The van der Waals surface area contributed by atoms with Crippen LogP contribution >= 0.6 is 0 Å². The number of halogens is 1. The van der Waals surface area contributed by atoms with E-state index in [0.717, 1.165) is 0 Å². The van der Waals surface area contributed by atoms with E-state index >= 15 is 0 Å². The highest BCUT2D eigenvalue weighted by atomic mass is 19.1. The van der Waals surface area contributed by atoms with Gasteiger partial charge in [-0.2, -0.15) is 0 Å². The normalized spacial score (nSPS) is 10.2. The Morgan fingerprint density at radius 2 is 2.25 bits per heavy atom. The molecule has 0 aliphatic heterocycles. The Labute approximate surface area is 114 Å². The van der Waals surface area contributed by atoms with Crippen LogP contribution in [0.2, 0.25) is 0 Å². The van der Waals surface area contributed by atoms with E-state index in [9.17, 15) is 14.0 Å². The molecule has 0 aliphatic rings. The number of hydrogen-bond acceptors (Lipinski definition) is 4. The third kappa shape index (κ3) is 3.41. The Morgan fingerprint density at radius 1 is 1.45 bits per heavy atom. The Balaban J connectivity index is 1.98. The van der Waals surface area contributed by atoms with Crippen molar-refractivity contribution in [2.45, 2.75) is 13.0 Å². The molecule has 2 rings (SSSR count). The van der Waals surface area contributed by atoms with E-state index in [1.165, 1.54) is 35.2 Å². The van der Waals surface area contributed by atoms with Crippen molar-refractivity contribution in [3.05, 3.63) is 53.0 Å². The number of nitrogen functional groups attached to an aromatic ring is 1. The maximum absolute atomic E-state index is 13.4. The molecule has 2 aromatic rings. The van der Waals surface area contributed by atoms with Gasteiger partial charge in [-0.05, 0) is 24.3 Å². The van der Waals surface area contributed by atoms with Crippen LogP contribution in [0.5, 0.6) is 0 Å². The number of anilines is 2. The molecular weight excluding hydrogens is 263 g/mol. The van der Waals surface area contributed by atoms with Gasteiger partial charge in [0, 0.05) is 31.0 Å². The predicted molar refractivity (Wildman–Crippen MR) is 72.6 cm³/mol. The highest BCUT2D eigenvalue weighted by Crippen LogP contribution is 2.17. The minimum absolute atomic E-state index is 0.0218. The summed E-state index contributed by atoms with van der Waals surface area (Å²) in [7, 11) is 0. The largest absolute Gasteiger partial charge is 0.399 e. The van der Waals surface area contributed by atoms with Crippen LogP contribution in [-0.4, -0.2) is 15.5 Å². The fourth-order valence-corrected chi connectivity index (χ4v) is 1.63. The molecule has 0 saturated carbocycles. The summed E-state index contributed by atoms with van der Waals surface area (Å²) < 4.78 is 14.7. The van der Waals surface area contributed by atoms with E-state index in [1.807, 2.05) is 0 Å². The van der Waals surface area contributed by atoms with Gasteiger partial charge in [0.25, 0.3) is 0 Å². The zero-order chi connectivity index (χ0) is 14.5. The van der Waals surface area contributed by atoms with Crippen molar-refractivity contribution in [3.8, 4) is 0 Å². The molecule has 3 N–H and O–H groups in total. The molecule has 0 saturated heterocycles. The molecular formula is C13H13FN4O2. The SMILES string of the molecule is Nc1ccc(F)c(NC(=O)CCn2cccnc2=O)c1. The summed E-state index contributed by atoms with van der Waals surface area (Å²) in [5.41, 5.74) is 5.46. The molecule has 0 fully saturated rings. The fourth-order valence-electron chi connectivity index (χ4n) is 1.63. The number of nitrogens with two attached hydrogens (primary N) is 1. The van der Waals surface area contributed by atoms with Crippen LogP contribution in [0.3, 0.4) is 0 Å². The third-order valence-electron chi connectivity index (χ3n) is 2.63. The van der Waals surface area contributed by atoms with E-state index in [-0.39, 0.29) is 18.7 Å². The van der Waals surface area contributed by atoms with Crippen molar-refractivity contribution in [2.24, 2.45) is 0 Å². The molecule has 0 radical (unpaired) electrons. The van der Waals surface area contributed by atoms with Gasteiger partial charge in [0.15, 0.2) is 0 Å². The van der Waals surface area contributed by atoms with Gasteiger partial charge in [-0.15, -0.1) is 0 Å². The standard InChI is InChI=1S/C13H13FN4O2/c14-10-3-2-9(15)8-11(10)17-12(19)4-7-18-6-1-5-16-13(18)20/h1-3,5-6,8H,4,7,15H2,(H,17,19). The van der Waals surface area contributed by atoms with Gasteiger partial charge in [-0.1, -0.05) is 0 Å². The maximum atomic E-state index is 13.4. The van der Waals surface area contributed by atoms with E-state index < -0.39 is 17.4 Å². The average molecular weight is 276 g/mol. The average Bonchev–Trinajstić information content (AvgIpc) is 2.42. The fraction of sp³-hybridized carbons (Fsp3) is 0.154. The molecule has 1 aromatic heterocycles. The van der Waals surface area contributed by atoms with Crippen LogP contribution in [-0.2, 0) is 11.3 Å². The number of benzene rings is 1. The van der Waals surface area contributed by atoms with Gasteiger partial charge in [0.2, 0.25) is 5.91 Å². The van der Waals surface area contributed by atoms with Crippen LogP contribution in [0.25, 0.3) is 0 Å². The number of aromatic nitrogens is 2. The minimum Gasteiger partial charge on any atom is -0.399 e. The van der Waals surface area contributed by atoms with E-state index in [2.05, 4.69) is 10.3 Å². The van der Waals surface area contributed by atoms with Crippen LogP contribution < -0.4 is 16.7 Å². The maximum Gasteiger partial charge on any atom is 0.347 e. The van der Waals surface area contributed by atoms with Crippen molar-refractivity contribution in [1.29, 1.82) is 0 Å². The molecule has 104 valence electrons. The Bertz CT molecular complexity index is 684. The molecule has 0 spiro atoms. The van der Waals surface area contributed by atoms with Crippen LogP contribution in [0.1, 0.15) is 6.42 Å². The minimum atomic E-state index is -0.564. The lowest BCUT2D eigenvalue weighted by Gasteiger charge is -2.08. The summed E-state index contributed by atoms with van der Waals surface area (Å²) in [5, 5.41) is 2.41. The molecule has 1 amide bonds. The lowest BCUT2D eigenvalue weighted by molar-refractivity contribution is -0.116. The number of amides is 1. The van der Waals surface area contributed by atoms with Crippen molar-refractivity contribution in [3.63, 3.8) is 0 Å². The molecule has 1 heterocycles. The van der Waals surface area contributed by atoms with Gasteiger partial charge in [-0.25, -0.2) is 14.2 Å². The lowest BCUT2D eigenvalue weighted by atomic mass is 10.2. The lowest BCUT2D eigenvalue weighted by Crippen LogP contribution is -2.24. The Kier molecular flexibility index (Phi) is 4.09.